The molecule has 8 nitrogen and oxygen atoms in total. The summed E-state index contributed by atoms with van der Waals surface area (Å²) in [6, 6.07) is 25.6. The molecule has 5 aromatic rings. The Morgan fingerprint density at radius 3 is 2.45 bits per heavy atom. The van der Waals surface area contributed by atoms with E-state index in [1.807, 2.05) is 17.2 Å². The Morgan fingerprint density at radius 2 is 1.68 bits per heavy atom. The van der Waals surface area contributed by atoms with E-state index in [0.717, 1.165) is 90.6 Å². The van der Waals surface area contributed by atoms with Crippen molar-refractivity contribution >= 4 is 16.7 Å². The van der Waals surface area contributed by atoms with Gasteiger partial charge in [-0.3, -0.25) is 4.90 Å². The summed E-state index contributed by atoms with van der Waals surface area (Å²) in [6.45, 7) is 8.93. The minimum atomic E-state index is 0.761. The van der Waals surface area contributed by atoms with Gasteiger partial charge in [0.25, 0.3) is 0 Å². The highest BCUT2D eigenvalue weighted by atomic mass is 16.8. The molecule has 2 aromatic heterocycles. The number of aromatic nitrogens is 3. The molecule has 4 heterocycles. The first-order valence-electron chi connectivity index (χ1n) is 13.9. The number of fused-ring (bicyclic) bond motifs is 2. The lowest BCUT2D eigenvalue weighted by molar-refractivity contribution is -0.138. The number of rotatable bonds is 7. The maximum atomic E-state index is 5.99. The van der Waals surface area contributed by atoms with Gasteiger partial charge in [-0.05, 0) is 46.9 Å². The van der Waals surface area contributed by atoms with Crippen LogP contribution in [0.1, 0.15) is 22.3 Å². The Hall–Kier alpha value is -4.08. The third-order valence-corrected chi connectivity index (χ3v) is 7.99. The molecule has 2 aliphatic heterocycles. The monoisotopic (exact) mass is 531 g/mol. The number of nitrogens with zero attached hydrogens (tertiary/aromatic N) is 4. The minimum Gasteiger partial charge on any atom is -0.339 e. The molecular weight excluding hydrogens is 498 g/mol. The molecule has 2 aliphatic rings. The van der Waals surface area contributed by atoms with E-state index in [1.165, 1.54) is 16.7 Å². The predicted molar refractivity (Wildman–Crippen MR) is 158 cm³/mol. The van der Waals surface area contributed by atoms with Crippen molar-refractivity contribution < 1.29 is 4.94 Å². The fraction of sp³-hybridized carbons (Fsp3) is 0.250. The van der Waals surface area contributed by atoms with Gasteiger partial charge in [0.05, 0.1) is 24.5 Å². The zero-order chi connectivity index (χ0) is 26.9. The zero-order valence-corrected chi connectivity index (χ0v) is 22.7. The highest BCUT2D eigenvalue weighted by Gasteiger charge is 2.20. The van der Waals surface area contributed by atoms with Crippen LogP contribution in [0.4, 0.5) is 5.69 Å². The number of nitrogens with one attached hydrogen (secondary N) is 3. The summed E-state index contributed by atoms with van der Waals surface area (Å²) in [7, 11) is 0. The van der Waals surface area contributed by atoms with Gasteiger partial charge in [-0.25, -0.2) is 15.4 Å². The lowest BCUT2D eigenvalue weighted by atomic mass is 10.0. The van der Waals surface area contributed by atoms with E-state index in [4.69, 9.17) is 9.92 Å². The highest BCUT2D eigenvalue weighted by Crippen LogP contribution is 2.34. The SMILES string of the molecule is Cc1c(NON2Cc3ccccc3C2)cccc1-c1ncnc2[nH]c(-c3ccc(CN4CCNCC4)cc3)cc12. The van der Waals surface area contributed by atoms with Gasteiger partial charge in [-0.15, -0.1) is 0 Å². The molecule has 3 aromatic carbocycles. The van der Waals surface area contributed by atoms with Gasteiger partial charge in [0.15, 0.2) is 0 Å². The standard InChI is InChI=1S/C32H33N7O/c1-22-27(7-4-8-29(22)37-40-39-19-25-5-2-3-6-26(25)20-39)31-28-17-30(36-32(28)35-21-34-31)24-11-9-23(10-12-24)18-38-15-13-33-14-16-38/h2-12,17,21,33,37H,13-16,18-20H2,1H3,(H,34,35,36). The molecule has 0 amide bonds. The van der Waals surface area contributed by atoms with Crippen molar-refractivity contribution in [3.63, 3.8) is 0 Å². The van der Waals surface area contributed by atoms with Crippen molar-refractivity contribution in [3.05, 3.63) is 101 Å². The van der Waals surface area contributed by atoms with Crippen LogP contribution in [-0.2, 0) is 24.6 Å². The van der Waals surface area contributed by atoms with E-state index < -0.39 is 0 Å². The Kier molecular flexibility index (Phi) is 6.75. The van der Waals surface area contributed by atoms with Gasteiger partial charge in [-0.2, -0.15) is 10.0 Å². The summed E-state index contributed by atoms with van der Waals surface area (Å²) in [5.74, 6) is 0. The second-order valence-electron chi connectivity index (χ2n) is 10.6. The lowest BCUT2D eigenvalue weighted by Gasteiger charge is -2.27. The molecule has 0 spiro atoms. The Bertz CT molecular complexity index is 1610. The van der Waals surface area contributed by atoms with Crippen LogP contribution in [0.5, 0.6) is 0 Å². The molecule has 7 rings (SSSR count). The van der Waals surface area contributed by atoms with E-state index in [-0.39, 0.29) is 0 Å². The van der Waals surface area contributed by atoms with E-state index in [2.05, 4.69) is 93.3 Å². The average Bonchev–Trinajstić information content (AvgIpc) is 3.62. The number of hydroxylamine groups is 2. The zero-order valence-electron chi connectivity index (χ0n) is 22.7. The quantitative estimate of drug-likeness (QED) is 0.247. The Balaban J connectivity index is 1.11. The number of benzene rings is 3. The summed E-state index contributed by atoms with van der Waals surface area (Å²) in [5, 5.41) is 6.36. The molecule has 0 saturated carbocycles. The van der Waals surface area contributed by atoms with E-state index >= 15 is 0 Å². The Morgan fingerprint density at radius 1 is 0.900 bits per heavy atom. The fourth-order valence-electron chi connectivity index (χ4n) is 5.71. The molecule has 1 fully saturated rings. The number of hydrogen-bond donors (Lipinski definition) is 3. The first kappa shape index (κ1) is 24.9. The van der Waals surface area contributed by atoms with Gasteiger partial charge in [0.2, 0.25) is 0 Å². The van der Waals surface area contributed by atoms with Crippen molar-refractivity contribution in [1.29, 1.82) is 0 Å². The average molecular weight is 532 g/mol. The largest absolute Gasteiger partial charge is 0.339 e. The predicted octanol–water partition coefficient (Wildman–Crippen LogP) is 5.28. The van der Waals surface area contributed by atoms with Crippen molar-refractivity contribution in [2.45, 2.75) is 26.6 Å². The van der Waals surface area contributed by atoms with Crippen LogP contribution in [0, 0.1) is 6.92 Å². The second kappa shape index (κ2) is 10.8. The van der Waals surface area contributed by atoms with Gasteiger partial charge >= 0.3 is 0 Å². The van der Waals surface area contributed by atoms with E-state index in [0.29, 0.717) is 0 Å². The fourth-order valence-corrected chi connectivity index (χ4v) is 5.71. The van der Waals surface area contributed by atoms with Crippen molar-refractivity contribution in [2.24, 2.45) is 0 Å². The summed E-state index contributed by atoms with van der Waals surface area (Å²) in [4.78, 5) is 21.2. The summed E-state index contributed by atoms with van der Waals surface area (Å²) in [5.41, 5.74) is 14.0. The molecule has 0 bridgehead atoms. The number of piperazine rings is 1. The lowest BCUT2D eigenvalue weighted by Crippen LogP contribution is -2.42. The number of H-pyrrole nitrogens is 1. The van der Waals surface area contributed by atoms with Gasteiger partial charge in [0.1, 0.15) is 12.0 Å². The van der Waals surface area contributed by atoms with Crippen LogP contribution in [0.2, 0.25) is 0 Å². The van der Waals surface area contributed by atoms with E-state index in [1.54, 1.807) is 6.33 Å². The van der Waals surface area contributed by atoms with Crippen molar-refractivity contribution in [3.8, 4) is 22.5 Å². The van der Waals surface area contributed by atoms with Gasteiger partial charge in [0, 0.05) is 49.4 Å². The molecule has 202 valence electrons. The second-order valence-corrected chi connectivity index (χ2v) is 10.6. The molecule has 0 radical (unpaired) electrons. The number of aromatic amines is 1. The molecular formula is C32H33N7O. The van der Waals surface area contributed by atoms with Crippen LogP contribution >= 0.6 is 0 Å². The molecule has 1 saturated heterocycles. The molecule has 0 atom stereocenters. The molecule has 3 N–H and O–H groups in total. The minimum absolute atomic E-state index is 0.761. The van der Waals surface area contributed by atoms with E-state index in [9.17, 15) is 0 Å². The van der Waals surface area contributed by atoms with Crippen LogP contribution in [-0.4, -0.2) is 51.1 Å². The third kappa shape index (κ3) is 4.98. The summed E-state index contributed by atoms with van der Waals surface area (Å²) in [6.07, 6.45) is 1.63. The number of anilines is 1. The highest BCUT2D eigenvalue weighted by molar-refractivity contribution is 5.95. The third-order valence-electron chi connectivity index (χ3n) is 7.99. The maximum absolute atomic E-state index is 5.99. The summed E-state index contributed by atoms with van der Waals surface area (Å²) >= 11 is 0. The van der Waals surface area contributed by atoms with Crippen LogP contribution in [0.3, 0.4) is 0 Å². The normalized spacial score (nSPS) is 15.9. The molecule has 40 heavy (non-hydrogen) atoms. The first-order chi connectivity index (χ1) is 19.7. The van der Waals surface area contributed by atoms with Crippen LogP contribution in [0.25, 0.3) is 33.5 Å². The van der Waals surface area contributed by atoms with Gasteiger partial charge < -0.3 is 10.3 Å². The molecule has 0 aliphatic carbocycles. The van der Waals surface area contributed by atoms with Crippen molar-refractivity contribution in [2.75, 3.05) is 31.7 Å². The summed E-state index contributed by atoms with van der Waals surface area (Å²) < 4.78 is 0. The van der Waals surface area contributed by atoms with Crippen LogP contribution < -0.4 is 10.8 Å². The topological polar surface area (TPSA) is 81.3 Å². The van der Waals surface area contributed by atoms with Crippen molar-refractivity contribution in [1.82, 2.24) is 30.2 Å². The maximum Gasteiger partial charge on any atom is 0.141 e. The Labute approximate surface area is 233 Å². The first-order valence-corrected chi connectivity index (χ1v) is 13.9. The van der Waals surface area contributed by atoms with Crippen LogP contribution in [0.15, 0.2) is 79.1 Å². The number of hydrogen-bond acceptors (Lipinski definition) is 7. The van der Waals surface area contributed by atoms with Gasteiger partial charge in [-0.1, -0.05) is 60.7 Å². The molecule has 0 unspecified atom stereocenters. The smallest absolute Gasteiger partial charge is 0.141 e. The molecule has 8 heteroatoms.